The zero-order valence-corrected chi connectivity index (χ0v) is 23.8. The van der Waals surface area contributed by atoms with E-state index >= 15 is 0 Å². The average molecular weight is 526 g/mol. The third-order valence-corrected chi connectivity index (χ3v) is 9.57. The first-order valence-electron chi connectivity index (χ1n) is 14.5. The molecule has 3 unspecified atom stereocenters. The van der Waals surface area contributed by atoms with E-state index in [1.165, 1.54) is 32.1 Å². The second kappa shape index (κ2) is 11.8. The van der Waals surface area contributed by atoms with Gasteiger partial charge in [-0.05, 0) is 24.3 Å². The van der Waals surface area contributed by atoms with Crippen molar-refractivity contribution in [2.45, 2.75) is 83.2 Å². The highest BCUT2D eigenvalue weighted by Gasteiger charge is 2.51. The number of rotatable bonds is 7. The molecular weight excluding hydrogens is 478 g/mol. The highest BCUT2D eigenvalue weighted by molar-refractivity contribution is 5.85. The van der Waals surface area contributed by atoms with E-state index in [0.29, 0.717) is 31.8 Å². The number of β-amino-alcohol motifs (C(OH)–C–C–N with tert-alkyl or cyclic N) is 1. The van der Waals surface area contributed by atoms with E-state index in [9.17, 15) is 19.5 Å². The van der Waals surface area contributed by atoms with Crippen molar-refractivity contribution in [2.24, 2.45) is 17.3 Å². The van der Waals surface area contributed by atoms with Gasteiger partial charge >= 0.3 is 0 Å². The van der Waals surface area contributed by atoms with Crippen LogP contribution >= 0.6 is 0 Å². The Hall–Kier alpha value is -2.41. The van der Waals surface area contributed by atoms with E-state index in [1.54, 1.807) is 23.9 Å². The quantitative estimate of drug-likeness (QED) is 0.582. The van der Waals surface area contributed by atoms with Gasteiger partial charge in [0.2, 0.25) is 17.7 Å². The van der Waals surface area contributed by atoms with E-state index in [2.05, 4.69) is 0 Å². The van der Waals surface area contributed by atoms with Gasteiger partial charge in [-0.15, -0.1) is 0 Å². The summed E-state index contributed by atoms with van der Waals surface area (Å²) in [6.45, 7) is 5.44. The van der Waals surface area contributed by atoms with Gasteiger partial charge in [-0.25, -0.2) is 0 Å². The Morgan fingerprint density at radius 2 is 1.76 bits per heavy atom. The Morgan fingerprint density at radius 3 is 2.39 bits per heavy atom. The molecule has 3 atom stereocenters. The van der Waals surface area contributed by atoms with Crippen molar-refractivity contribution in [3.63, 3.8) is 0 Å². The molecule has 0 spiro atoms. The van der Waals surface area contributed by atoms with E-state index in [-0.39, 0.29) is 49.1 Å². The number of hydrogen-bond donors (Lipinski definition) is 1. The third-order valence-electron chi connectivity index (χ3n) is 9.57. The molecule has 7 nitrogen and oxygen atoms in total. The van der Waals surface area contributed by atoms with Gasteiger partial charge in [-0.1, -0.05) is 76.3 Å². The van der Waals surface area contributed by atoms with Crippen LogP contribution in [0.4, 0.5) is 0 Å². The molecule has 1 N–H and O–H groups in total. The van der Waals surface area contributed by atoms with E-state index in [0.717, 1.165) is 12.0 Å². The minimum atomic E-state index is -1.13. The Kier molecular flexibility index (Phi) is 8.85. The van der Waals surface area contributed by atoms with Gasteiger partial charge in [0.15, 0.2) is 0 Å². The first kappa shape index (κ1) is 28.6. The summed E-state index contributed by atoms with van der Waals surface area (Å²) < 4.78 is 0. The summed E-state index contributed by atoms with van der Waals surface area (Å²) in [5.74, 6) is 0.282. The third kappa shape index (κ3) is 6.24. The molecule has 7 heteroatoms. The predicted molar refractivity (Wildman–Crippen MR) is 148 cm³/mol. The van der Waals surface area contributed by atoms with Crippen LogP contribution in [-0.4, -0.2) is 83.4 Å². The van der Waals surface area contributed by atoms with Crippen molar-refractivity contribution in [3.05, 3.63) is 35.9 Å². The number of benzene rings is 1. The van der Waals surface area contributed by atoms with Gasteiger partial charge in [0, 0.05) is 57.9 Å². The molecule has 4 rings (SSSR count). The van der Waals surface area contributed by atoms with Crippen molar-refractivity contribution in [1.29, 1.82) is 0 Å². The molecule has 3 aliphatic rings. The van der Waals surface area contributed by atoms with Gasteiger partial charge in [0.1, 0.15) is 0 Å². The van der Waals surface area contributed by atoms with Crippen LogP contribution in [0.15, 0.2) is 30.3 Å². The van der Waals surface area contributed by atoms with Gasteiger partial charge in [-0.2, -0.15) is 0 Å². The maximum Gasteiger partial charge on any atom is 0.227 e. The fourth-order valence-electron chi connectivity index (χ4n) is 6.86. The Balaban J connectivity index is 1.42. The van der Waals surface area contributed by atoms with Crippen LogP contribution in [-0.2, 0) is 14.4 Å². The lowest BCUT2D eigenvalue weighted by Crippen LogP contribution is -2.64. The molecule has 1 aromatic carbocycles. The Morgan fingerprint density at radius 1 is 1.08 bits per heavy atom. The zero-order valence-electron chi connectivity index (χ0n) is 23.8. The molecule has 1 aliphatic carbocycles. The predicted octanol–water partition coefficient (Wildman–Crippen LogP) is 4.06. The molecule has 1 saturated carbocycles. The molecule has 2 aliphatic heterocycles. The van der Waals surface area contributed by atoms with Crippen molar-refractivity contribution in [3.8, 4) is 0 Å². The molecule has 3 amide bonds. The van der Waals surface area contributed by atoms with Crippen LogP contribution in [0.2, 0.25) is 0 Å². The molecule has 3 fully saturated rings. The number of nitrogens with zero attached hydrogens (tertiary/aromatic N) is 3. The second-order valence-electron chi connectivity index (χ2n) is 12.9. The molecule has 0 bridgehead atoms. The maximum absolute atomic E-state index is 13.4. The van der Waals surface area contributed by atoms with Crippen molar-refractivity contribution in [1.82, 2.24) is 14.7 Å². The van der Waals surface area contributed by atoms with E-state index in [4.69, 9.17) is 0 Å². The summed E-state index contributed by atoms with van der Waals surface area (Å²) in [5, 5.41) is 11.9. The fraction of sp³-hybridized carbons (Fsp3) is 0.710. The van der Waals surface area contributed by atoms with E-state index in [1.807, 2.05) is 49.1 Å². The first-order valence-corrected chi connectivity index (χ1v) is 14.5. The van der Waals surface area contributed by atoms with Gasteiger partial charge < -0.3 is 19.8 Å². The molecule has 210 valence electrons. The smallest absolute Gasteiger partial charge is 0.227 e. The maximum atomic E-state index is 13.4. The minimum Gasteiger partial charge on any atom is -0.387 e. The molecule has 2 saturated heterocycles. The van der Waals surface area contributed by atoms with Gasteiger partial charge in [-0.3, -0.25) is 14.4 Å². The average Bonchev–Trinajstić information content (AvgIpc) is 2.90. The standard InChI is InChI=1S/C31H47N3O4/c1-30(2)21-33(27(35)16-15-23-11-7-5-8-12-23)18-17-31(30,38)22-34-20-26(29(37)32(3)4)25(19-28(34)36)24-13-9-6-10-14-24/h6,9-10,13-14,23,25-26,38H,5,7-8,11-12,15-22H2,1-4H3. The van der Waals surface area contributed by atoms with Crippen LogP contribution < -0.4 is 0 Å². The monoisotopic (exact) mass is 525 g/mol. The SMILES string of the molecule is CN(C)C(=O)C1CN(CC2(O)CCN(C(=O)CCC3CCCCC3)CC2(C)C)C(=O)CC1c1ccccc1. The highest BCUT2D eigenvalue weighted by atomic mass is 16.3. The number of hydrogen-bond acceptors (Lipinski definition) is 4. The van der Waals surface area contributed by atoms with Gasteiger partial charge in [0.05, 0.1) is 18.1 Å². The van der Waals surface area contributed by atoms with Gasteiger partial charge in [0.25, 0.3) is 0 Å². The summed E-state index contributed by atoms with van der Waals surface area (Å²) in [7, 11) is 3.51. The van der Waals surface area contributed by atoms with Crippen molar-refractivity contribution < 1.29 is 19.5 Å². The van der Waals surface area contributed by atoms with E-state index < -0.39 is 11.0 Å². The lowest BCUT2D eigenvalue weighted by Gasteiger charge is -2.52. The Labute approximate surface area is 228 Å². The zero-order chi connectivity index (χ0) is 27.5. The van der Waals surface area contributed by atoms with Crippen molar-refractivity contribution in [2.75, 3.05) is 40.3 Å². The molecule has 1 aromatic rings. The summed E-state index contributed by atoms with van der Waals surface area (Å²) in [5.41, 5.74) is -0.711. The normalized spacial score (nSPS) is 28.3. The number of aliphatic hydroxyl groups is 1. The van der Waals surface area contributed by atoms with Crippen LogP contribution in [0, 0.1) is 17.3 Å². The number of amides is 3. The Bertz CT molecular complexity index is 988. The molecular formula is C31H47N3O4. The number of piperidine rings is 2. The number of carbonyl (C=O) groups excluding carboxylic acids is 3. The lowest BCUT2D eigenvalue weighted by atomic mass is 9.69. The minimum absolute atomic E-state index is 0.000912. The van der Waals surface area contributed by atoms with Crippen molar-refractivity contribution >= 4 is 17.7 Å². The number of carbonyl (C=O) groups is 3. The summed E-state index contributed by atoms with van der Waals surface area (Å²) in [4.78, 5) is 44.9. The second-order valence-corrected chi connectivity index (χ2v) is 12.9. The summed E-state index contributed by atoms with van der Waals surface area (Å²) >= 11 is 0. The molecule has 38 heavy (non-hydrogen) atoms. The summed E-state index contributed by atoms with van der Waals surface area (Å²) in [6, 6.07) is 9.80. The highest BCUT2D eigenvalue weighted by Crippen LogP contribution is 2.42. The van der Waals surface area contributed by atoms with Crippen LogP contribution in [0.1, 0.15) is 83.1 Å². The largest absolute Gasteiger partial charge is 0.387 e. The topological polar surface area (TPSA) is 81.2 Å². The molecule has 0 radical (unpaired) electrons. The van der Waals surface area contributed by atoms with Crippen LogP contribution in [0.3, 0.4) is 0 Å². The fourth-order valence-corrected chi connectivity index (χ4v) is 6.86. The number of likely N-dealkylation sites (tertiary alicyclic amines) is 2. The molecule has 0 aromatic heterocycles. The lowest BCUT2D eigenvalue weighted by molar-refractivity contribution is -0.165. The van der Waals surface area contributed by atoms with Crippen LogP contribution in [0.25, 0.3) is 0 Å². The van der Waals surface area contributed by atoms with Crippen LogP contribution in [0.5, 0.6) is 0 Å². The molecule has 2 heterocycles. The first-order chi connectivity index (χ1) is 18.0. The summed E-state index contributed by atoms with van der Waals surface area (Å²) in [6.07, 6.45) is 8.58.